The minimum Gasteiger partial charge on any atom is -0.371 e. The summed E-state index contributed by atoms with van der Waals surface area (Å²) >= 11 is 0. The Morgan fingerprint density at radius 1 is 1.36 bits per heavy atom. The number of ether oxygens (including phenoxy) is 1. The topological polar surface area (TPSA) is 106 Å². The lowest BCUT2D eigenvalue weighted by Gasteiger charge is -2.05. The number of benzene rings is 1. The molecule has 1 aromatic carbocycles. The number of carbonyl (C=O) groups is 1. The van der Waals surface area contributed by atoms with Crippen molar-refractivity contribution in [2.45, 2.75) is 26.5 Å². The molecule has 8 nitrogen and oxygen atoms in total. The van der Waals surface area contributed by atoms with Crippen molar-refractivity contribution >= 4 is 5.91 Å². The van der Waals surface area contributed by atoms with E-state index in [4.69, 9.17) is 9.26 Å². The summed E-state index contributed by atoms with van der Waals surface area (Å²) in [7, 11) is 0. The van der Waals surface area contributed by atoms with Crippen LogP contribution in [0.2, 0.25) is 0 Å². The second-order valence-electron chi connectivity index (χ2n) is 5.35. The van der Waals surface area contributed by atoms with Crippen molar-refractivity contribution < 1.29 is 14.1 Å². The van der Waals surface area contributed by atoms with Crippen LogP contribution >= 0.6 is 0 Å². The highest BCUT2D eigenvalue weighted by Gasteiger charge is 2.17. The third-order valence-electron chi connectivity index (χ3n) is 3.61. The van der Waals surface area contributed by atoms with E-state index in [0.29, 0.717) is 29.6 Å². The lowest BCUT2D eigenvalue weighted by molar-refractivity contribution is 0.0683. The summed E-state index contributed by atoms with van der Waals surface area (Å²) < 4.78 is 10.5. The van der Waals surface area contributed by atoms with E-state index in [1.165, 1.54) is 6.20 Å². The van der Waals surface area contributed by atoms with Gasteiger partial charge >= 0.3 is 0 Å². The average molecular weight is 341 g/mol. The molecule has 130 valence electrons. The Morgan fingerprint density at radius 2 is 2.16 bits per heavy atom. The maximum Gasteiger partial charge on any atom is 0.255 e. The van der Waals surface area contributed by atoms with E-state index < -0.39 is 0 Å². The first-order valence-electron chi connectivity index (χ1n) is 8.00. The van der Waals surface area contributed by atoms with Gasteiger partial charge in [-0.05, 0) is 13.8 Å². The standard InChI is InChI=1S/C17H19N5O3/c1-3-24-11(2)16-20-14(25-22-16)10-18-17(23)13-9-19-21-15(13)12-7-5-4-6-8-12/h4-9,11H,3,10H2,1-2H3,(H,18,23)(H,19,21)/t11-/m0/s1. The highest BCUT2D eigenvalue weighted by atomic mass is 16.5. The van der Waals surface area contributed by atoms with Crippen LogP contribution in [-0.2, 0) is 11.3 Å². The van der Waals surface area contributed by atoms with Gasteiger partial charge in [-0.15, -0.1) is 0 Å². The molecule has 2 N–H and O–H groups in total. The summed E-state index contributed by atoms with van der Waals surface area (Å²) in [6.07, 6.45) is 1.24. The van der Waals surface area contributed by atoms with Gasteiger partial charge in [0.25, 0.3) is 5.91 Å². The number of aromatic amines is 1. The van der Waals surface area contributed by atoms with Gasteiger partial charge in [-0.25, -0.2) is 0 Å². The Labute approximate surface area is 144 Å². The number of nitrogens with one attached hydrogen (secondary N) is 2. The van der Waals surface area contributed by atoms with Crippen LogP contribution in [0.1, 0.15) is 42.0 Å². The number of amides is 1. The van der Waals surface area contributed by atoms with Crippen molar-refractivity contribution in [2.24, 2.45) is 0 Å². The Hall–Kier alpha value is -3.00. The zero-order valence-corrected chi connectivity index (χ0v) is 14.0. The summed E-state index contributed by atoms with van der Waals surface area (Å²) in [5.74, 6) is 0.504. The quantitative estimate of drug-likeness (QED) is 0.684. The maximum atomic E-state index is 12.4. The van der Waals surface area contributed by atoms with E-state index in [9.17, 15) is 4.79 Å². The molecule has 0 saturated heterocycles. The summed E-state index contributed by atoms with van der Waals surface area (Å²) in [5, 5.41) is 13.4. The van der Waals surface area contributed by atoms with Gasteiger partial charge in [-0.3, -0.25) is 9.89 Å². The first kappa shape index (κ1) is 16.8. The number of hydrogen-bond donors (Lipinski definition) is 2. The van der Waals surface area contributed by atoms with E-state index in [2.05, 4.69) is 25.7 Å². The van der Waals surface area contributed by atoms with Crippen molar-refractivity contribution in [3.8, 4) is 11.3 Å². The average Bonchev–Trinajstić information content (AvgIpc) is 3.30. The Kier molecular flexibility index (Phi) is 5.20. The Bertz CT molecular complexity index is 828. The van der Waals surface area contributed by atoms with Crippen LogP contribution in [0.4, 0.5) is 0 Å². The molecule has 0 saturated carbocycles. The lowest BCUT2D eigenvalue weighted by Crippen LogP contribution is -2.23. The minimum atomic E-state index is -0.273. The number of hydrogen-bond acceptors (Lipinski definition) is 6. The molecule has 0 aliphatic heterocycles. The number of carbonyl (C=O) groups excluding carboxylic acids is 1. The predicted octanol–water partition coefficient (Wildman–Crippen LogP) is 2.49. The smallest absolute Gasteiger partial charge is 0.255 e. The van der Waals surface area contributed by atoms with Gasteiger partial charge in [0, 0.05) is 12.2 Å². The molecule has 1 amide bonds. The number of aromatic nitrogens is 4. The number of nitrogens with zero attached hydrogens (tertiary/aromatic N) is 3. The maximum absolute atomic E-state index is 12.4. The monoisotopic (exact) mass is 341 g/mol. The fourth-order valence-electron chi connectivity index (χ4n) is 2.36. The normalized spacial score (nSPS) is 12.1. The minimum absolute atomic E-state index is 0.129. The largest absolute Gasteiger partial charge is 0.371 e. The first-order chi connectivity index (χ1) is 12.2. The highest BCUT2D eigenvalue weighted by Crippen LogP contribution is 2.20. The van der Waals surface area contributed by atoms with E-state index in [1.807, 2.05) is 44.2 Å². The van der Waals surface area contributed by atoms with Gasteiger partial charge in [-0.2, -0.15) is 10.1 Å². The predicted molar refractivity (Wildman–Crippen MR) is 89.5 cm³/mol. The molecule has 8 heteroatoms. The number of rotatable bonds is 7. The Morgan fingerprint density at radius 3 is 2.92 bits per heavy atom. The molecule has 0 unspecified atom stereocenters. The molecule has 0 spiro atoms. The summed E-state index contributed by atoms with van der Waals surface area (Å²) in [5.41, 5.74) is 2.00. The summed E-state index contributed by atoms with van der Waals surface area (Å²) in [6, 6.07) is 9.53. The van der Waals surface area contributed by atoms with E-state index in [0.717, 1.165) is 5.56 Å². The molecule has 3 rings (SSSR count). The molecule has 3 aromatic rings. The molecule has 0 aliphatic carbocycles. The number of H-pyrrole nitrogens is 1. The van der Waals surface area contributed by atoms with Crippen molar-refractivity contribution in [1.29, 1.82) is 0 Å². The van der Waals surface area contributed by atoms with Gasteiger partial charge in [0.05, 0.1) is 24.0 Å². The zero-order valence-electron chi connectivity index (χ0n) is 14.0. The van der Waals surface area contributed by atoms with Crippen LogP contribution in [0.15, 0.2) is 41.1 Å². The van der Waals surface area contributed by atoms with Gasteiger partial charge in [-0.1, -0.05) is 35.5 Å². The van der Waals surface area contributed by atoms with Crippen molar-refractivity contribution in [3.63, 3.8) is 0 Å². The van der Waals surface area contributed by atoms with E-state index >= 15 is 0 Å². The van der Waals surface area contributed by atoms with Crippen LogP contribution in [0, 0.1) is 0 Å². The second kappa shape index (κ2) is 7.71. The van der Waals surface area contributed by atoms with Gasteiger partial charge in [0.15, 0.2) is 5.82 Å². The molecular formula is C17H19N5O3. The molecule has 0 fully saturated rings. The van der Waals surface area contributed by atoms with Crippen molar-refractivity contribution in [1.82, 2.24) is 25.7 Å². The van der Waals surface area contributed by atoms with Gasteiger partial charge < -0.3 is 14.6 Å². The molecule has 1 atom stereocenters. The van der Waals surface area contributed by atoms with E-state index in [1.54, 1.807) is 0 Å². The first-order valence-corrected chi connectivity index (χ1v) is 8.00. The fraction of sp³-hybridized carbons (Fsp3) is 0.294. The molecule has 2 aromatic heterocycles. The van der Waals surface area contributed by atoms with Crippen LogP contribution < -0.4 is 5.32 Å². The van der Waals surface area contributed by atoms with E-state index in [-0.39, 0.29) is 18.6 Å². The highest BCUT2D eigenvalue weighted by molar-refractivity contribution is 5.99. The van der Waals surface area contributed by atoms with Crippen molar-refractivity contribution in [2.75, 3.05) is 6.61 Å². The third-order valence-corrected chi connectivity index (χ3v) is 3.61. The molecule has 0 radical (unpaired) electrons. The summed E-state index contributed by atoms with van der Waals surface area (Å²) in [6.45, 7) is 4.43. The lowest BCUT2D eigenvalue weighted by atomic mass is 10.1. The molecule has 25 heavy (non-hydrogen) atoms. The van der Waals surface area contributed by atoms with Crippen molar-refractivity contribution in [3.05, 3.63) is 53.8 Å². The molecule has 0 bridgehead atoms. The zero-order chi connectivity index (χ0) is 17.6. The summed E-state index contributed by atoms with van der Waals surface area (Å²) in [4.78, 5) is 16.7. The van der Waals surface area contributed by atoms with Crippen LogP contribution in [0.5, 0.6) is 0 Å². The van der Waals surface area contributed by atoms with Gasteiger partial charge in [0.1, 0.15) is 6.10 Å². The van der Waals surface area contributed by atoms with Crippen LogP contribution in [0.25, 0.3) is 11.3 Å². The third kappa shape index (κ3) is 3.92. The molecule has 2 heterocycles. The Balaban J connectivity index is 1.65. The second-order valence-corrected chi connectivity index (χ2v) is 5.35. The SMILES string of the molecule is CCO[C@@H](C)c1noc(CNC(=O)c2cn[nH]c2-c2ccccc2)n1. The van der Waals surface area contributed by atoms with Crippen LogP contribution in [0.3, 0.4) is 0 Å². The van der Waals surface area contributed by atoms with Crippen LogP contribution in [-0.4, -0.2) is 32.9 Å². The molecular weight excluding hydrogens is 322 g/mol. The molecule has 0 aliphatic rings. The fourth-order valence-corrected chi connectivity index (χ4v) is 2.36. The van der Waals surface area contributed by atoms with Gasteiger partial charge in [0.2, 0.25) is 5.89 Å².